The lowest BCUT2D eigenvalue weighted by Crippen LogP contribution is -2.32. The summed E-state index contributed by atoms with van der Waals surface area (Å²) in [5, 5.41) is 28.0. The van der Waals surface area contributed by atoms with Gasteiger partial charge in [0.1, 0.15) is 6.07 Å². The second-order valence-corrected chi connectivity index (χ2v) is 7.52. The number of halogens is 3. The van der Waals surface area contributed by atoms with Crippen LogP contribution >= 0.6 is 0 Å². The van der Waals surface area contributed by atoms with E-state index in [1.54, 1.807) is 0 Å². The Hall–Kier alpha value is -4.35. The van der Waals surface area contributed by atoms with Crippen LogP contribution in [0.5, 0.6) is 0 Å². The van der Waals surface area contributed by atoms with Crippen LogP contribution in [0.25, 0.3) is 16.1 Å². The zero-order valence-corrected chi connectivity index (χ0v) is 18.0. The molecule has 0 unspecified atom stereocenters. The van der Waals surface area contributed by atoms with Crippen molar-refractivity contribution in [3.63, 3.8) is 0 Å². The van der Waals surface area contributed by atoms with Crippen LogP contribution < -0.4 is 9.88 Å². The first-order valence-electron chi connectivity index (χ1n) is 8.94. The third kappa shape index (κ3) is 8.84. The summed E-state index contributed by atoms with van der Waals surface area (Å²) in [6.45, 7) is 0.607. The van der Waals surface area contributed by atoms with Crippen LogP contribution in [0, 0.1) is 20.2 Å². The van der Waals surface area contributed by atoms with Crippen LogP contribution in [0.4, 0.5) is 24.5 Å². The second-order valence-electron chi connectivity index (χ2n) is 6.15. The van der Waals surface area contributed by atoms with Crippen molar-refractivity contribution in [1.82, 2.24) is 5.32 Å². The van der Waals surface area contributed by atoms with Crippen LogP contribution in [-0.4, -0.2) is 47.3 Å². The van der Waals surface area contributed by atoms with Crippen molar-refractivity contribution in [2.45, 2.75) is 11.9 Å². The van der Waals surface area contributed by atoms with Gasteiger partial charge in [-0.1, -0.05) is 5.11 Å². The predicted molar refractivity (Wildman–Crippen MR) is 108 cm³/mol. The van der Waals surface area contributed by atoms with Gasteiger partial charge in [-0.25, -0.2) is 8.42 Å². The molecule has 0 aliphatic rings. The Morgan fingerprint density at radius 2 is 1.71 bits per heavy atom. The lowest BCUT2D eigenvalue weighted by molar-refractivity contribution is -0.601. The molecule has 35 heavy (non-hydrogen) atoms. The number of hydrogen-bond donors (Lipinski definition) is 1. The monoisotopic (exact) mass is 521 g/mol. The van der Waals surface area contributed by atoms with Gasteiger partial charge in [-0.15, -0.1) is 0 Å². The molecule has 2 rings (SSSR count). The largest absolute Gasteiger partial charge is 0.741 e. The number of nitrogens with zero attached hydrogens (tertiary/aromatic N) is 6. The molecule has 0 bridgehead atoms. The van der Waals surface area contributed by atoms with E-state index in [4.69, 9.17) is 18.5 Å². The van der Waals surface area contributed by atoms with Gasteiger partial charge in [0.05, 0.1) is 15.4 Å². The summed E-state index contributed by atoms with van der Waals surface area (Å²) in [7, 11) is -6.09. The molecule has 0 fully saturated rings. The molecule has 188 valence electrons. The highest BCUT2D eigenvalue weighted by molar-refractivity contribution is 7.86. The van der Waals surface area contributed by atoms with Crippen molar-refractivity contribution in [2.24, 2.45) is 5.11 Å². The number of pyridine rings is 1. The van der Waals surface area contributed by atoms with Gasteiger partial charge in [-0.3, -0.25) is 25.0 Å². The quantitative estimate of drug-likeness (QED) is 0.0622. The molecule has 15 nitrogen and oxygen atoms in total. The Morgan fingerprint density at radius 1 is 1.14 bits per heavy atom. The zero-order valence-electron chi connectivity index (χ0n) is 17.2. The number of amides is 1. The van der Waals surface area contributed by atoms with E-state index in [0.29, 0.717) is 18.5 Å². The number of azide groups is 1. The van der Waals surface area contributed by atoms with E-state index in [2.05, 4.69) is 15.3 Å². The average molecular weight is 521 g/mol. The van der Waals surface area contributed by atoms with Gasteiger partial charge >= 0.3 is 11.2 Å². The van der Waals surface area contributed by atoms with Crippen molar-refractivity contribution in [1.29, 1.82) is 0 Å². The lowest BCUT2D eigenvalue weighted by Gasteiger charge is -2.08. The average Bonchev–Trinajstić information content (AvgIpc) is 2.77. The van der Waals surface area contributed by atoms with E-state index in [-0.39, 0.29) is 23.8 Å². The number of rotatable bonds is 8. The van der Waals surface area contributed by atoms with Gasteiger partial charge in [0.25, 0.3) is 17.3 Å². The van der Waals surface area contributed by atoms with Gasteiger partial charge in [0.2, 0.25) is 0 Å². The van der Waals surface area contributed by atoms with E-state index in [1.807, 2.05) is 0 Å². The minimum absolute atomic E-state index is 0.131. The number of nitrogens with one attached hydrogen (secondary N) is 1. The summed E-state index contributed by atoms with van der Waals surface area (Å²) in [6, 6.07) is 6.25. The molecule has 0 aliphatic carbocycles. The molecule has 1 aromatic carbocycles. The normalized spacial score (nSPS) is 10.9. The fourth-order valence-corrected chi connectivity index (χ4v) is 2.23. The molecular formula is C16H14F3N7O8S. The smallest absolute Gasteiger partial charge is 0.485 e. The maximum Gasteiger partial charge on any atom is 0.485 e. The Kier molecular flexibility index (Phi) is 10.0. The fourth-order valence-electron chi connectivity index (χ4n) is 2.23. The maximum absolute atomic E-state index is 12.0. The second kappa shape index (κ2) is 12.2. The van der Waals surface area contributed by atoms with Crippen LogP contribution in [0.15, 0.2) is 47.8 Å². The van der Waals surface area contributed by atoms with Crippen molar-refractivity contribution < 1.29 is 45.4 Å². The first-order valence-corrected chi connectivity index (χ1v) is 10.4. The van der Waals surface area contributed by atoms with Gasteiger partial charge in [0.15, 0.2) is 22.5 Å². The first kappa shape index (κ1) is 28.7. The minimum Gasteiger partial charge on any atom is -0.741 e. The highest BCUT2D eigenvalue weighted by Gasteiger charge is 2.37. The SMILES string of the molecule is O=S(=O)([O-])C(F)(F)F.[N-]=[N+]=NCCCNC(=O)c1cc[n+](-c2ccc([N+](=O)[O-])cc2[N+](=O)[O-])cc1. The molecular weight excluding hydrogens is 507 g/mol. The van der Waals surface area contributed by atoms with Crippen molar-refractivity contribution >= 4 is 27.4 Å². The summed E-state index contributed by atoms with van der Waals surface area (Å²) in [5.41, 5.74) is 2.17. The minimum atomic E-state index is -6.09. The van der Waals surface area contributed by atoms with Gasteiger partial charge < -0.3 is 9.87 Å². The van der Waals surface area contributed by atoms with Crippen LogP contribution in [-0.2, 0) is 10.1 Å². The number of benzene rings is 1. The highest BCUT2D eigenvalue weighted by Crippen LogP contribution is 2.24. The van der Waals surface area contributed by atoms with Gasteiger partial charge in [-0.2, -0.15) is 17.7 Å². The van der Waals surface area contributed by atoms with Crippen molar-refractivity contribution in [2.75, 3.05) is 13.1 Å². The van der Waals surface area contributed by atoms with E-state index in [0.717, 1.165) is 6.07 Å². The third-order valence-electron chi connectivity index (χ3n) is 3.80. The lowest BCUT2D eigenvalue weighted by atomic mass is 10.2. The van der Waals surface area contributed by atoms with E-state index in [1.165, 1.54) is 41.2 Å². The number of nitro groups is 2. The first-order chi connectivity index (χ1) is 16.2. The summed E-state index contributed by atoms with van der Waals surface area (Å²) in [5.74, 6) is -0.346. The zero-order chi connectivity index (χ0) is 26.8. The molecule has 0 saturated carbocycles. The van der Waals surface area contributed by atoms with Crippen LogP contribution in [0.1, 0.15) is 16.8 Å². The Bertz CT molecular complexity index is 1250. The molecule has 1 aromatic heterocycles. The summed E-state index contributed by atoms with van der Waals surface area (Å²) in [6.07, 6.45) is 3.39. The number of alkyl halides is 3. The highest BCUT2D eigenvalue weighted by atomic mass is 32.2. The number of aromatic nitrogens is 1. The summed E-state index contributed by atoms with van der Waals surface area (Å²) in [4.78, 5) is 35.2. The molecule has 0 atom stereocenters. The fraction of sp³-hybridized carbons (Fsp3) is 0.250. The summed E-state index contributed by atoms with van der Waals surface area (Å²) >= 11 is 0. The number of non-ortho nitro benzene ring substituents is 1. The molecule has 1 heterocycles. The maximum atomic E-state index is 12.0. The molecule has 0 spiro atoms. The molecule has 1 amide bonds. The number of carbonyl (C=O) groups is 1. The van der Waals surface area contributed by atoms with Crippen LogP contribution in [0.3, 0.4) is 0 Å². The Labute approximate surface area is 193 Å². The molecule has 19 heteroatoms. The predicted octanol–water partition coefficient (Wildman–Crippen LogP) is 2.26. The third-order valence-corrected chi connectivity index (χ3v) is 4.37. The molecule has 0 saturated heterocycles. The summed E-state index contributed by atoms with van der Waals surface area (Å²) < 4.78 is 60.3. The Balaban J connectivity index is 0.000000658. The van der Waals surface area contributed by atoms with Gasteiger partial charge in [-0.05, 0) is 12.0 Å². The van der Waals surface area contributed by atoms with Gasteiger partial charge in [0, 0.05) is 42.3 Å². The molecule has 0 radical (unpaired) electrons. The number of nitro benzene ring substituents is 2. The van der Waals surface area contributed by atoms with Crippen molar-refractivity contribution in [3.05, 3.63) is 79.0 Å². The van der Waals surface area contributed by atoms with Crippen LogP contribution in [0.2, 0.25) is 0 Å². The number of carbonyl (C=O) groups excluding carboxylic acids is 1. The van der Waals surface area contributed by atoms with E-state index >= 15 is 0 Å². The van der Waals surface area contributed by atoms with E-state index < -0.39 is 31.2 Å². The molecule has 2 aromatic rings. The number of hydrogen-bond acceptors (Lipinski definition) is 9. The molecule has 1 N–H and O–H groups in total. The standard InChI is InChI=1S/C15H13N7O5.CHF3O3S/c16-19-18-7-1-6-17-15(23)11-4-8-20(9-5-11)13-3-2-12(21(24)25)10-14(13)22(26)27;2-1(3,4)8(5,6)7/h2-5,8-10H,1,6-7H2;(H,5,6,7). The van der Waals surface area contributed by atoms with E-state index in [9.17, 15) is 38.2 Å². The topological polar surface area (TPSA) is 225 Å². The molecule has 0 aliphatic heterocycles. The Morgan fingerprint density at radius 3 is 2.17 bits per heavy atom. The van der Waals surface area contributed by atoms with Crippen molar-refractivity contribution in [3.8, 4) is 5.69 Å².